The van der Waals surface area contributed by atoms with Crippen LogP contribution in [0.2, 0.25) is 0 Å². The lowest BCUT2D eigenvalue weighted by atomic mass is 10.1. The largest absolute Gasteiger partial charge is 0.399 e. The van der Waals surface area contributed by atoms with Gasteiger partial charge in [0.15, 0.2) is 0 Å². The quantitative estimate of drug-likeness (QED) is 0.787. The molecule has 0 fully saturated rings. The van der Waals surface area contributed by atoms with Crippen LogP contribution < -0.4 is 10.5 Å². The van der Waals surface area contributed by atoms with Crippen molar-refractivity contribution in [1.29, 1.82) is 0 Å². The molecule has 1 aromatic rings. The van der Waals surface area contributed by atoms with Crippen molar-refractivity contribution < 1.29 is 13.2 Å². The van der Waals surface area contributed by atoms with Gasteiger partial charge in [-0.05, 0) is 57.9 Å². The summed E-state index contributed by atoms with van der Waals surface area (Å²) in [5, 5.41) is 0. The van der Waals surface area contributed by atoms with Crippen molar-refractivity contribution in [2.45, 2.75) is 45.1 Å². The van der Waals surface area contributed by atoms with Crippen molar-refractivity contribution in [3.63, 3.8) is 0 Å². The number of hydrogen-bond donors (Lipinski definition) is 2. The van der Waals surface area contributed by atoms with E-state index in [4.69, 9.17) is 10.5 Å². The molecule has 5 nitrogen and oxygen atoms in total. The van der Waals surface area contributed by atoms with Gasteiger partial charge in [0.05, 0.1) is 10.5 Å². The fourth-order valence-corrected chi connectivity index (χ4v) is 3.84. The lowest BCUT2D eigenvalue weighted by Gasteiger charge is -2.25. The molecular formula is C14H24N2O3S. The number of nitrogen functional groups attached to an aromatic ring is 1. The summed E-state index contributed by atoms with van der Waals surface area (Å²) in [6, 6.07) is 3.32. The Morgan fingerprint density at radius 2 is 1.75 bits per heavy atom. The highest BCUT2D eigenvalue weighted by atomic mass is 32.2. The number of ether oxygens (including phenoxy) is 1. The summed E-state index contributed by atoms with van der Waals surface area (Å²) in [7, 11) is -3.58. The zero-order chi connectivity index (χ0) is 15.6. The number of benzene rings is 1. The van der Waals surface area contributed by atoms with Crippen molar-refractivity contribution in [2.24, 2.45) is 0 Å². The fraction of sp³-hybridized carbons (Fsp3) is 0.571. The van der Waals surface area contributed by atoms with Crippen LogP contribution in [0.15, 0.2) is 17.0 Å². The molecule has 1 rings (SSSR count). The van der Waals surface area contributed by atoms with Crippen molar-refractivity contribution >= 4 is 15.7 Å². The van der Waals surface area contributed by atoms with Gasteiger partial charge < -0.3 is 10.5 Å². The number of aryl methyl sites for hydroxylation is 2. The molecule has 0 bridgehead atoms. The molecule has 0 amide bonds. The van der Waals surface area contributed by atoms with Gasteiger partial charge in [-0.25, -0.2) is 13.1 Å². The molecule has 0 unspecified atom stereocenters. The van der Waals surface area contributed by atoms with Crippen LogP contribution in [0, 0.1) is 13.8 Å². The zero-order valence-electron chi connectivity index (χ0n) is 12.8. The molecule has 0 aliphatic carbocycles. The highest BCUT2D eigenvalue weighted by molar-refractivity contribution is 7.89. The van der Waals surface area contributed by atoms with Crippen LogP contribution in [-0.2, 0) is 14.8 Å². The standard InChI is InChI=1S/C14H24N2O3S/c1-6-19-14(4,5)9-16-20(17,18)13-10(2)7-12(15)8-11(13)3/h7-8,16H,6,9,15H2,1-5H3. The van der Waals surface area contributed by atoms with E-state index in [2.05, 4.69) is 4.72 Å². The normalized spacial score (nSPS) is 12.7. The lowest BCUT2D eigenvalue weighted by molar-refractivity contribution is -0.00515. The maximum absolute atomic E-state index is 12.4. The molecule has 3 N–H and O–H groups in total. The smallest absolute Gasteiger partial charge is 0.241 e. The average molecular weight is 300 g/mol. The number of rotatable bonds is 6. The van der Waals surface area contributed by atoms with Gasteiger partial charge in [-0.2, -0.15) is 0 Å². The van der Waals surface area contributed by atoms with E-state index in [1.807, 2.05) is 20.8 Å². The monoisotopic (exact) mass is 300 g/mol. The van der Waals surface area contributed by atoms with E-state index in [0.717, 1.165) is 0 Å². The Labute approximate surface area is 121 Å². The Hall–Kier alpha value is -1.11. The van der Waals surface area contributed by atoms with Gasteiger partial charge >= 0.3 is 0 Å². The molecule has 0 atom stereocenters. The maximum atomic E-state index is 12.4. The van der Waals surface area contributed by atoms with Gasteiger partial charge in [0.25, 0.3) is 0 Å². The topological polar surface area (TPSA) is 81.4 Å². The Balaban J connectivity index is 3.01. The second kappa shape index (κ2) is 6.11. The third-order valence-electron chi connectivity index (χ3n) is 2.97. The number of nitrogens with two attached hydrogens (primary N) is 1. The number of hydrogen-bond acceptors (Lipinski definition) is 4. The molecule has 114 valence electrons. The molecule has 0 aliphatic heterocycles. The Bertz CT molecular complexity index is 557. The first-order chi connectivity index (χ1) is 9.09. The van der Waals surface area contributed by atoms with Crippen LogP contribution in [0.1, 0.15) is 31.9 Å². The number of sulfonamides is 1. The number of nitrogens with one attached hydrogen (secondary N) is 1. The second-order valence-electron chi connectivity index (χ2n) is 5.50. The van der Waals surface area contributed by atoms with Gasteiger partial charge in [-0.15, -0.1) is 0 Å². The van der Waals surface area contributed by atoms with Gasteiger partial charge in [0.1, 0.15) is 0 Å². The van der Waals surface area contributed by atoms with Crippen molar-refractivity contribution in [3.8, 4) is 0 Å². The Morgan fingerprint density at radius 3 is 2.20 bits per heavy atom. The van der Waals surface area contributed by atoms with Crippen LogP contribution in [0.3, 0.4) is 0 Å². The van der Waals surface area contributed by atoms with E-state index in [0.29, 0.717) is 28.3 Å². The molecule has 0 radical (unpaired) electrons. The molecule has 1 aromatic carbocycles. The summed E-state index contributed by atoms with van der Waals surface area (Å²) < 4.78 is 33.0. The predicted molar refractivity (Wildman–Crippen MR) is 81.2 cm³/mol. The third-order valence-corrected chi connectivity index (χ3v) is 4.68. The van der Waals surface area contributed by atoms with E-state index in [-0.39, 0.29) is 6.54 Å². The average Bonchev–Trinajstić information content (AvgIpc) is 2.24. The molecule has 20 heavy (non-hydrogen) atoms. The van der Waals surface area contributed by atoms with Crippen molar-refractivity contribution in [3.05, 3.63) is 23.3 Å². The molecule has 0 saturated carbocycles. The summed E-state index contributed by atoms with van der Waals surface area (Å²) in [4.78, 5) is 0.291. The highest BCUT2D eigenvalue weighted by Crippen LogP contribution is 2.23. The SMILES string of the molecule is CCOC(C)(C)CNS(=O)(=O)c1c(C)cc(N)cc1C. The molecule has 0 aliphatic rings. The first kappa shape index (κ1) is 16.9. The van der Waals surface area contributed by atoms with E-state index in [1.54, 1.807) is 26.0 Å². The van der Waals surface area contributed by atoms with Crippen molar-refractivity contribution in [1.82, 2.24) is 4.72 Å². The van der Waals surface area contributed by atoms with Crippen LogP contribution in [0.5, 0.6) is 0 Å². The predicted octanol–water partition coefficient (Wildman–Crippen LogP) is 1.98. The Kier molecular flexibility index (Phi) is 5.18. The minimum atomic E-state index is -3.58. The van der Waals surface area contributed by atoms with Crippen LogP contribution in [-0.4, -0.2) is 27.2 Å². The fourth-order valence-electron chi connectivity index (χ4n) is 2.19. The van der Waals surface area contributed by atoms with Gasteiger partial charge in [0, 0.05) is 18.8 Å². The van der Waals surface area contributed by atoms with Gasteiger partial charge in [0.2, 0.25) is 10.0 Å². The van der Waals surface area contributed by atoms with Crippen LogP contribution in [0.25, 0.3) is 0 Å². The second-order valence-corrected chi connectivity index (χ2v) is 7.20. The van der Waals surface area contributed by atoms with Gasteiger partial charge in [-0.1, -0.05) is 0 Å². The zero-order valence-corrected chi connectivity index (χ0v) is 13.6. The number of anilines is 1. The summed E-state index contributed by atoms with van der Waals surface area (Å²) in [5.74, 6) is 0. The highest BCUT2D eigenvalue weighted by Gasteiger charge is 2.24. The lowest BCUT2D eigenvalue weighted by Crippen LogP contribution is -2.40. The van der Waals surface area contributed by atoms with E-state index >= 15 is 0 Å². The van der Waals surface area contributed by atoms with Crippen LogP contribution >= 0.6 is 0 Å². The maximum Gasteiger partial charge on any atom is 0.241 e. The van der Waals surface area contributed by atoms with E-state index in [9.17, 15) is 8.42 Å². The van der Waals surface area contributed by atoms with E-state index in [1.165, 1.54) is 0 Å². The van der Waals surface area contributed by atoms with Crippen LogP contribution in [0.4, 0.5) is 5.69 Å². The molecular weight excluding hydrogens is 276 g/mol. The third kappa shape index (κ3) is 4.19. The Morgan fingerprint density at radius 1 is 1.25 bits per heavy atom. The first-order valence-electron chi connectivity index (χ1n) is 6.59. The molecule has 0 heterocycles. The molecule has 0 aromatic heterocycles. The summed E-state index contributed by atoms with van der Waals surface area (Å²) >= 11 is 0. The first-order valence-corrected chi connectivity index (χ1v) is 8.08. The minimum Gasteiger partial charge on any atom is -0.399 e. The van der Waals surface area contributed by atoms with Gasteiger partial charge in [-0.3, -0.25) is 0 Å². The van der Waals surface area contributed by atoms with E-state index < -0.39 is 15.6 Å². The summed E-state index contributed by atoms with van der Waals surface area (Å²) in [5.41, 5.74) is 7.02. The molecule has 0 saturated heterocycles. The minimum absolute atomic E-state index is 0.215. The molecule has 6 heteroatoms. The summed E-state index contributed by atoms with van der Waals surface area (Å²) in [6.07, 6.45) is 0. The summed E-state index contributed by atoms with van der Waals surface area (Å²) in [6.45, 7) is 9.81. The van der Waals surface area contributed by atoms with Crippen molar-refractivity contribution in [2.75, 3.05) is 18.9 Å². The molecule has 0 spiro atoms.